The fourth-order valence-electron chi connectivity index (χ4n) is 0.846. The Morgan fingerprint density at radius 2 is 1.92 bits per heavy atom. The molecule has 0 spiro atoms. The maximum absolute atomic E-state index is 5.84. The molecule has 0 aliphatic carbocycles. The van der Waals surface area contributed by atoms with Crippen molar-refractivity contribution in [1.82, 2.24) is 0 Å². The van der Waals surface area contributed by atoms with Gasteiger partial charge in [-0.1, -0.05) is 17.7 Å². The molecule has 66 valence electrons. The predicted octanol–water partition coefficient (Wildman–Crippen LogP) is 3.71. The molecular formula is C10H13ClS. The van der Waals surface area contributed by atoms with Gasteiger partial charge in [0.15, 0.2) is 0 Å². The van der Waals surface area contributed by atoms with Gasteiger partial charge < -0.3 is 0 Å². The summed E-state index contributed by atoms with van der Waals surface area (Å²) in [6.07, 6.45) is 0. The quantitative estimate of drug-likeness (QED) is 0.530. The van der Waals surface area contributed by atoms with Crippen LogP contribution in [0.5, 0.6) is 0 Å². The van der Waals surface area contributed by atoms with Crippen LogP contribution in [0.4, 0.5) is 0 Å². The SMILES string of the molecule is Cc1ccc(SCC(C)Cl)cc1. The van der Waals surface area contributed by atoms with Crippen molar-refractivity contribution in [2.45, 2.75) is 24.1 Å². The highest BCUT2D eigenvalue weighted by molar-refractivity contribution is 7.99. The second-order valence-corrected chi connectivity index (χ2v) is 4.74. The van der Waals surface area contributed by atoms with Gasteiger partial charge in [-0.2, -0.15) is 0 Å². The van der Waals surface area contributed by atoms with E-state index in [0.29, 0.717) is 0 Å². The summed E-state index contributed by atoms with van der Waals surface area (Å²) in [4.78, 5) is 1.30. The minimum absolute atomic E-state index is 0.247. The lowest BCUT2D eigenvalue weighted by atomic mass is 10.2. The van der Waals surface area contributed by atoms with Crippen LogP contribution in [0.25, 0.3) is 0 Å². The van der Waals surface area contributed by atoms with Crippen molar-refractivity contribution in [2.24, 2.45) is 0 Å². The maximum Gasteiger partial charge on any atom is 0.0401 e. The summed E-state index contributed by atoms with van der Waals surface area (Å²) in [5.41, 5.74) is 1.30. The van der Waals surface area contributed by atoms with Crippen LogP contribution >= 0.6 is 23.4 Å². The van der Waals surface area contributed by atoms with Gasteiger partial charge in [-0.25, -0.2) is 0 Å². The van der Waals surface area contributed by atoms with Crippen LogP contribution in [-0.4, -0.2) is 11.1 Å². The lowest BCUT2D eigenvalue weighted by Crippen LogP contribution is -1.93. The van der Waals surface area contributed by atoms with Gasteiger partial charge in [0.25, 0.3) is 0 Å². The van der Waals surface area contributed by atoms with Crippen molar-refractivity contribution < 1.29 is 0 Å². The second kappa shape index (κ2) is 4.78. The molecule has 0 bridgehead atoms. The summed E-state index contributed by atoms with van der Waals surface area (Å²) >= 11 is 7.64. The van der Waals surface area contributed by atoms with Crippen molar-refractivity contribution in [3.63, 3.8) is 0 Å². The van der Waals surface area contributed by atoms with Gasteiger partial charge in [0.2, 0.25) is 0 Å². The molecule has 0 aliphatic rings. The molecule has 0 heterocycles. The maximum atomic E-state index is 5.84. The first-order valence-corrected chi connectivity index (χ1v) is 5.44. The van der Waals surface area contributed by atoms with E-state index < -0.39 is 0 Å². The van der Waals surface area contributed by atoms with Gasteiger partial charge in [0, 0.05) is 16.0 Å². The van der Waals surface area contributed by atoms with Crippen molar-refractivity contribution in [1.29, 1.82) is 0 Å². The number of thioether (sulfide) groups is 1. The highest BCUT2D eigenvalue weighted by Crippen LogP contribution is 2.20. The highest BCUT2D eigenvalue weighted by atomic mass is 35.5. The first-order valence-electron chi connectivity index (χ1n) is 4.02. The van der Waals surface area contributed by atoms with Crippen molar-refractivity contribution in [3.8, 4) is 0 Å². The van der Waals surface area contributed by atoms with E-state index in [2.05, 4.69) is 31.2 Å². The van der Waals surface area contributed by atoms with Gasteiger partial charge in [-0.15, -0.1) is 23.4 Å². The number of benzene rings is 1. The zero-order valence-electron chi connectivity index (χ0n) is 7.38. The summed E-state index contributed by atoms with van der Waals surface area (Å²) in [6, 6.07) is 8.53. The number of aryl methyl sites for hydroxylation is 1. The smallest absolute Gasteiger partial charge is 0.0401 e. The molecule has 12 heavy (non-hydrogen) atoms. The van der Waals surface area contributed by atoms with E-state index in [9.17, 15) is 0 Å². The topological polar surface area (TPSA) is 0 Å². The molecule has 1 unspecified atom stereocenters. The van der Waals surface area contributed by atoms with Crippen LogP contribution in [-0.2, 0) is 0 Å². The number of alkyl halides is 1. The number of halogens is 1. The van der Waals surface area contributed by atoms with E-state index in [4.69, 9.17) is 11.6 Å². The lowest BCUT2D eigenvalue weighted by Gasteiger charge is -2.02. The van der Waals surface area contributed by atoms with E-state index in [0.717, 1.165) is 5.75 Å². The van der Waals surface area contributed by atoms with Crippen LogP contribution in [0.2, 0.25) is 0 Å². The number of hydrogen-bond donors (Lipinski definition) is 0. The minimum atomic E-state index is 0.247. The first-order chi connectivity index (χ1) is 5.68. The van der Waals surface area contributed by atoms with Crippen LogP contribution in [0.15, 0.2) is 29.2 Å². The third-order valence-corrected chi connectivity index (χ3v) is 3.11. The molecule has 1 atom stereocenters. The average Bonchev–Trinajstić information content (AvgIpc) is 2.03. The molecule has 1 aromatic rings. The Morgan fingerprint density at radius 3 is 2.42 bits per heavy atom. The summed E-state index contributed by atoms with van der Waals surface area (Å²) in [6.45, 7) is 4.11. The molecule has 0 N–H and O–H groups in total. The summed E-state index contributed by atoms with van der Waals surface area (Å²) in [7, 11) is 0. The Labute approximate surface area is 83.3 Å². The fourth-order valence-corrected chi connectivity index (χ4v) is 1.79. The minimum Gasteiger partial charge on any atom is -0.125 e. The van der Waals surface area contributed by atoms with E-state index >= 15 is 0 Å². The van der Waals surface area contributed by atoms with E-state index in [1.807, 2.05) is 6.92 Å². The zero-order valence-corrected chi connectivity index (χ0v) is 8.95. The largest absolute Gasteiger partial charge is 0.125 e. The van der Waals surface area contributed by atoms with Crippen LogP contribution in [0.3, 0.4) is 0 Å². The van der Waals surface area contributed by atoms with E-state index in [1.54, 1.807) is 11.8 Å². The monoisotopic (exact) mass is 200 g/mol. The summed E-state index contributed by atoms with van der Waals surface area (Å²) in [5.74, 6) is 0.977. The van der Waals surface area contributed by atoms with Crippen molar-refractivity contribution in [2.75, 3.05) is 5.75 Å². The second-order valence-electron chi connectivity index (χ2n) is 2.90. The fraction of sp³-hybridized carbons (Fsp3) is 0.400. The predicted molar refractivity (Wildman–Crippen MR) is 57.2 cm³/mol. The molecule has 0 amide bonds. The molecule has 0 fully saturated rings. The van der Waals surface area contributed by atoms with Gasteiger partial charge in [-0.05, 0) is 26.0 Å². The molecule has 1 aromatic carbocycles. The zero-order chi connectivity index (χ0) is 8.97. The van der Waals surface area contributed by atoms with Crippen molar-refractivity contribution in [3.05, 3.63) is 29.8 Å². The molecule has 0 nitrogen and oxygen atoms in total. The highest BCUT2D eigenvalue weighted by Gasteiger charge is 1.97. The Hall–Kier alpha value is -0.140. The van der Waals surface area contributed by atoms with Gasteiger partial charge in [-0.3, -0.25) is 0 Å². The van der Waals surface area contributed by atoms with Gasteiger partial charge in [0.1, 0.15) is 0 Å². The number of hydrogen-bond acceptors (Lipinski definition) is 1. The van der Waals surface area contributed by atoms with Gasteiger partial charge >= 0.3 is 0 Å². The third-order valence-electron chi connectivity index (χ3n) is 1.50. The molecule has 0 saturated heterocycles. The Bertz CT molecular complexity index is 228. The average molecular weight is 201 g/mol. The molecule has 0 radical (unpaired) electrons. The Kier molecular flexibility index (Phi) is 3.96. The number of rotatable bonds is 3. The van der Waals surface area contributed by atoms with Crippen LogP contribution in [0.1, 0.15) is 12.5 Å². The summed E-state index contributed by atoms with van der Waals surface area (Å²) in [5, 5.41) is 0.247. The third kappa shape index (κ3) is 3.51. The molecule has 0 aliphatic heterocycles. The van der Waals surface area contributed by atoms with Crippen LogP contribution in [0, 0.1) is 6.92 Å². The summed E-state index contributed by atoms with van der Waals surface area (Å²) < 4.78 is 0. The Balaban J connectivity index is 2.48. The molecule has 1 rings (SSSR count). The van der Waals surface area contributed by atoms with Crippen molar-refractivity contribution >= 4 is 23.4 Å². The standard InChI is InChI=1S/C10H13ClS/c1-8-3-5-10(6-4-8)12-7-9(2)11/h3-6,9H,7H2,1-2H3. The molecule has 0 saturated carbocycles. The molecule has 0 aromatic heterocycles. The Morgan fingerprint density at radius 1 is 1.33 bits per heavy atom. The van der Waals surface area contributed by atoms with E-state index in [-0.39, 0.29) is 5.38 Å². The van der Waals surface area contributed by atoms with Gasteiger partial charge in [0.05, 0.1) is 0 Å². The van der Waals surface area contributed by atoms with Crippen LogP contribution < -0.4 is 0 Å². The lowest BCUT2D eigenvalue weighted by molar-refractivity contribution is 1.11. The van der Waals surface area contributed by atoms with E-state index in [1.165, 1.54) is 10.5 Å². The first kappa shape index (κ1) is 9.94. The molecular weight excluding hydrogens is 188 g/mol. The molecule has 2 heteroatoms. The normalized spacial score (nSPS) is 12.9.